The second kappa shape index (κ2) is 9.40. The lowest BCUT2D eigenvalue weighted by atomic mass is 9.95. The second-order valence-electron chi connectivity index (χ2n) is 8.52. The molecule has 1 amide bonds. The molecular formula is C24H32N2O4S. The first-order valence-electron chi connectivity index (χ1n) is 10.7. The highest BCUT2D eigenvalue weighted by Crippen LogP contribution is 2.30. The van der Waals surface area contributed by atoms with E-state index in [9.17, 15) is 13.2 Å². The van der Waals surface area contributed by atoms with Crippen LogP contribution in [0.5, 0.6) is 5.75 Å². The molecule has 3 rings (SSSR count). The number of sulfonamides is 1. The Morgan fingerprint density at radius 2 is 1.90 bits per heavy atom. The van der Waals surface area contributed by atoms with Crippen LogP contribution in [0.25, 0.3) is 0 Å². The van der Waals surface area contributed by atoms with E-state index in [1.807, 2.05) is 32.0 Å². The van der Waals surface area contributed by atoms with Crippen LogP contribution in [-0.4, -0.2) is 38.8 Å². The molecule has 1 heterocycles. The molecule has 1 N–H and O–H groups in total. The van der Waals surface area contributed by atoms with E-state index < -0.39 is 10.0 Å². The highest BCUT2D eigenvalue weighted by molar-refractivity contribution is 7.89. The van der Waals surface area contributed by atoms with Crippen molar-refractivity contribution in [3.05, 3.63) is 53.1 Å². The van der Waals surface area contributed by atoms with Crippen molar-refractivity contribution in [2.75, 3.05) is 25.5 Å². The molecule has 1 aliphatic heterocycles. The van der Waals surface area contributed by atoms with Crippen LogP contribution in [0.4, 0.5) is 5.69 Å². The molecule has 1 aliphatic rings. The first-order chi connectivity index (χ1) is 14.6. The summed E-state index contributed by atoms with van der Waals surface area (Å²) in [6, 6.07) is 10.9. The van der Waals surface area contributed by atoms with Crippen LogP contribution in [0.15, 0.2) is 41.3 Å². The summed E-state index contributed by atoms with van der Waals surface area (Å²) in [4.78, 5) is 13.3. The maximum absolute atomic E-state index is 13.2. The molecule has 0 aromatic heterocycles. The summed E-state index contributed by atoms with van der Waals surface area (Å²) in [5.41, 5.74) is 3.69. The third kappa shape index (κ3) is 4.93. The molecule has 0 saturated carbocycles. The number of rotatable bonds is 6. The highest BCUT2D eigenvalue weighted by Gasteiger charge is 2.34. The van der Waals surface area contributed by atoms with Gasteiger partial charge in [-0.05, 0) is 67.5 Å². The van der Waals surface area contributed by atoms with Crippen LogP contribution in [0.2, 0.25) is 0 Å². The lowest BCUT2D eigenvalue weighted by molar-refractivity contribution is -0.120. The molecule has 0 spiro atoms. The Hall–Kier alpha value is -2.38. The van der Waals surface area contributed by atoms with Crippen molar-refractivity contribution in [3.63, 3.8) is 0 Å². The van der Waals surface area contributed by atoms with Crippen LogP contribution in [0.3, 0.4) is 0 Å². The smallest absolute Gasteiger partial charge is 0.243 e. The van der Waals surface area contributed by atoms with Gasteiger partial charge >= 0.3 is 0 Å². The standard InChI is InChI=1S/C24H32N2O4S/c1-16(2)21-10-6-8-17(3)23(21)25-24(27)19-9-7-13-26(15-19)31(28,29)20-11-12-22(30-5)18(4)14-20/h6,8,10-12,14,16,19H,7,9,13,15H2,1-5H3,(H,25,27)/t19-/m1/s1. The van der Waals surface area contributed by atoms with Crippen molar-refractivity contribution in [1.82, 2.24) is 4.31 Å². The van der Waals surface area contributed by atoms with E-state index >= 15 is 0 Å². The van der Waals surface area contributed by atoms with Gasteiger partial charge < -0.3 is 10.1 Å². The molecule has 0 bridgehead atoms. The number of benzene rings is 2. The first kappa shape index (κ1) is 23.3. The van der Waals surface area contributed by atoms with Gasteiger partial charge in [-0.25, -0.2) is 8.42 Å². The van der Waals surface area contributed by atoms with Gasteiger partial charge in [-0.15, -0.1) is 0 Å². The number of piperidine rings is 1. The summed E-state index contributed by atoms with van der Waals surface area (Å²) in [5.74, 6) is 0.412. The zero-order valence-electron chi connectivity index (χ0n) is 18.9. The van der Waals surface area contributed by atoms with Gasteiger partial charge in [0.15, 0.2) is 0 Å². The van der Waals surface area contributed by atoms with E-state index in [2.05, 4.69) is 19.2 Å². The minimum Gasteiger partial charge on any atom is -0.496 e. The molecule has 1 fully saturated rings. The van der Waals surface area contributed by atoms with Crippen molar-refractivity contribution in [2.45, 2.75) is 51.3 Å². The quantitative estimate of drug-likeness (QED) is 0.713. The van der Waals surface area contributed by atoms with E-state index in [1.54, 1.807) is 25.3 Å². The van der Waals surface area contributed by atoms with E-state index in [4.69, 9.17) is 4.74 Å². The molecule has 1 atom stereocenters. The molecule has 6 nitrogen and oxygen atoms in total. The molecule has 7 heteroatoms. The Morgan fingerprint density at radius 3 is 2.55 bits per heavy atom. The molecule has 1 saturated heterocycles. The van der Waals surface area contributed by atoms with E-state index in [-0.39, 0.29) is 29.2 Å². The van der Waals surface area contributed by atoms with E-state index in [0.29, 0.717) is 25.1 Å². The Kier molecular flexibility index (Phi) is 7.06. The van der Waals surface area contributed by atoms with Crippen LogP contribution >= 0.6 is 0 Å². The number of methoxy groups -OCH3 is 1. The number of nitrogens with one attached hydrogen (secondary N) is 1. The van der Waals surface area contributed by atoms with Crippen LogP contribution < -0.4 is 10.1 Å². The number of para-hydroxylation sites is 1. The predicted octanol–water partition coefficient (Wildman–Crippen LogP) is 4.47. The zero-order chi connectivity index (χ0) is 22.8. The maximum Gasteiger partial charge on any atom is 0.243 e. The number of aryl methyl sites for hydroxylation is 2. The van der Waals surface area contributed by atoms with Crippen LogP contribution in [-0.2, 0) is 14.8 Å². The average Bonchev–Trinajstić information content (AvgIpc) is 2.74. The molecule has 168 valence electrons. The Labute approximate surface area is 185 Å². The number of nitrogens with zero attached hydrogens (tertiary/aromatic N) is 1. The molecule has 31 heavy (non-hydrogen) atoms. The van der Waals surface area contributed by atoms with Gasteiger partial charge in [-0.3, -0.25) is 4.79 Å². The van der Waals surface area contributed by atoms with Crippen LogP contribution in [0.1, 0.15) is 49.3 Å². The number of ether oxygens (including phenoxy) is 1. The fraction of sp³-hybridized carbons (Fsp3) is 0.458. The van der Waals surface area contributed by atoms with Crippen molar-refractivity contribution < 1.29 is 17.9 Å². The summed E-state index contributed by atoms with van der Waals surface area (Å²) in [6.07, 6.45) is 1.32. The van der Waals surface area contributed by atoms with Gasteiger partial charge in [0.1, 0.15) is 5.75 Å². The van der Waals surface area contributed by atoms with E-state index in [0.717, 1.165) is 22.4 Å². The summed E-state index contributed by atoms with van der Waals surface area (Å²) in [7, 11) is -2.12. The molecule has 2 aromatic carbocycles. The molecule has 0 aliphatic carbocycles. The van der Waals surface area contributed by atoms with Gasteiger partial charge in [0, 0.05) is 18.8 Å². The van der Waals surface area contributed by atoms with Crippen molar-refractivity contribution in [3.8, 4) is 5.75 Å². The fourth-order valence-electron chi connectivity index (χ4n) is 4.10. The molecule has 2 aromatic rings. The molecular weight excluding hydrogens is 412 g/mol. The summed E-state index contributed by atoms with van der Waals surface area (Å²) >= 11 is 0. The number of hydrogen-bond donors (Lipinski definition) is 1. The number of amides is 1. The topological polar surface area (TPSA) is 75.7 Å². The van der Waals surface area contributed by atoms with Gasteiger partial charge in [0.05, 0.1) is 17.9 Å². The van der Waals surface area contributed by atoms with Gasteiger partial charge in [0.2, 0.25) is 15.9 Å². The monoisotopic (exact) mass is 444 g/mol. The zero-order valence-corrected chi connectivity index (χ0v) is 19.8. The van der Waals surface area contributed by atoms with Gasteiger partial charge in [-0.2, -0.15) is 4.31 Å². The minimum absolute atomic E-state index is 0.123. The van der Waals surface area contributed by atoms with Crippen LogP contribution in [0, 0.1) is 19.8 Å². The molecule has 0 radical (unpaired) electrons. The normalized spacial score (nSPS) is 17.5. The number of anilines is 1. The summed E-state index contributed by atoms with van der Waals surface area (Å²) in [5, 5.41) is 3.09. The van der Waals surface area contributed by atoms with Crippen molar-refractivity contribution in [1.29, 1.82) is 0 Å². The third-order valence-electron chi connectivity index (χ3n) is 5.93. The summed E-state index contributed by atoms with van der Waals surface area (Å²) < 4.78 is 33.1. The SMILES string of the molecule is COc1ccc(S(=O)(=O)N2CCC[C@@H](C(=O)Nc3c(C)cccc3C(C)C)C2)cc1C. The highest BCUT2D eigenvalue weighted by atomic mass is 32.2. The lowest BCUT2D eigenvalue weighted by Gasteiger charge is -2.31. The van der Waals surface area contributed by atoms with Gasteiger partial charge in [0.25, 0.3) is 0 Å². The summed E-state index contributed by atoms with van der Waals surface area (Å²) in [6.45, 7) is 8.58. The fourth-order valence-corrected chi connectivity index (χ4v) is 5.71. The van der Waals surface area contributed by atoms with E-state index in [1.165, 1.54) is 4.31 Å². The number of carbonyl (C=O) groups is 1. The number of carbonyl (C=O) groups excluding carboxylic acids is 1. The van der Waals surface area contributed by atoms with Crippen molar-refractivity contribution >= 4 is 21.6 Å². The van der Waals surface area contributed by atoms with Crippen molar-refractivity contribution in [2.24, 2.45) is 5.92 Å². The Morgan fingerprint density at radius 1 is 1.16 bits per heavy atom. The minimum atomic E-state index is -3.68. The Bertz CT molecular complexity index is 1060. The second-order valence-corrected chi connectivity index (χ2v) is 10.5. The average molecular weight is 445 g/mol. The lowest BCUT2D eigenvalue weighted by Crippen LogP contribution is -2.43. The molecule has 0 unspecified atom stereocenters. The maximum atomic E-state index is 13.2. The Balaban J connectivity index is 1.79. The van der Waals surface area contributed by atoms with Gasteiger partial charge in [-0.1, -0.05) is 32.0 Å². The predicted molar refractivity (Wildman–Crippen MR) is 123 cm³/mol. The third-order valence-corrected chi connectivity index (χ3v) is 7.80. The largest absolute Gasteiger partial charge is 0.496 e. The first-order valence-corrected chi connectivity index (χ1v) is 12.1. The number of hydrogen-bond acceptors (Lipinski definition) is 4.